The lowest BCUT2D eigenvalue weighted by atomic mass is 9.85. The molecule has 0 atom stereocenters. The summed E-state index contributed by atoms with van der Waals surface area (Å²) in [5, 5.41) is 39.5. The molecular weight excluding hydrogens is 324 g/mol. The second kappa shape index (κ2) is 4.75. The number of carbonyl (C=O) groups is 2. The number of rotatable bonds is 1. The Kier molecular flexibility index (Phi) is 3.05. The first kappa shape index (κ1) is 15.4. The van der Waals surface area contributed by atoms with Crippen molar-refractivity contribution in [1.29, 1.82) is 0 Å². The molecule has 0 aliphatic heterocycles. The summed E-state index contributed by atoms with van der Waals surface area (Å²) in [5.74, 6) is -7.62. The number of methoxy groups -OCH3 is 1. The summed E-state index contributed by atoms with van der Waals surface area (Å²) >= 11 is 0. The van der Waals surface area contributed by atoms with Crippen molar-refractivity contribution in [1.82, 2.24) is 0 Å². The molecule has 0 fully saturated rings. The molecule has 4 N–H and O–H groups in total. The number of aryl methyl sites for hydroxylation is 1. The Bertz CT molecular complexity index is 997. The van der Waals surface area contributed by atoms with Crippen LogP contribution < -0.4 is 10.2 Å². The zero-order valence-electron chi connectivity index (χ0n) is 12.3. The number of phenols is 3. The average molecular weight is 334 g/mol. The fraction of sp³-hybridized carbons (Fsp3) is 0.133. The smallest absolute Gasteiger partial charge is 0.238 e. The maximum atomic E-state index is 12.5. The van der Waals surface area contributed by atoms with E-state index in [0.29, 0.717) is 0 Å². The number of hydrogen-bond donors (Lipinski definition) is 4. The van der Waals surface area contributed by atoms with E-state index >= 15 is 0 Å². The third-order valence-electron chi connectivity index (χ3n) is 3.73. The highest BCUT2D eigenvalue weighted by Crippen LogP contribution is 2.50. The summed E-state index contributed by atoms with van der Waals surface area (Å²) < 4.78 is 9.74. The Balaban J connectivity index is 2.49. The van der Waals surface area contributed by atoms with Crippen LogP contribution in [0.15, 0.2) is 9.21 Å². The third-order valence-corrected chi connectivity index (χ3v) is 3.73. The number of hydrogen-bond acceptors (Lipinski definition) is 9. The molecule has 1 aromatic heterocycles. The number of ether oxygens (including phenoxy) is 1. The van der Waals surface area contributed by atoms with Gasteiger partial charge in [0.1, 0.15) is 11.3 Å². The first-order chi connectivity index (χ1) is 11.2. The van der Waals surface area contributed by atoms with Crippen molar-refractivity contribution < 1.29 is 39.2 Å². The number of benzene rings is 1. The van der Waals surface area contributed by atoms with Crippen molar-refractivity contribution >= 4 is 11.6 Å². The van der Waals surface area contributed by atoms with Crippen molar-refractivity contribution in [2.45, 2.75) is 6.92 Å². The van der Waals surface area contributed by atoms with E-state index in [1.54, 1.807) is 0 Å². The molecule has 0 spiro atoms. The van der Waals surface area contributed by atoms with Gasteiger partial charge in [0.2, 0.25) is 34.2 Å². The Morgan fingerprint density at radius 2 is 1.38 bits per heavy atom. The quantitative estimate of drug-likeness (QED) is 0.369. The highest BCUT2D eigenvalue weighted by atomic mass is 16.5. The van der Waals surface area contributed by atoms with Crippen LogP contribution in [0.4, 0.5) is 0 Å². The molecule has 2 aromatic rings. The minimum Gasteiger partial charge on any atom is -0.504 e. The van der Waals surface area contributed by atoms with Crippen molar-refractivity contribution in [3.63, 3.8) is 0 Å². The van der Waals surface area contributed by atoms with Crippen LogP contribution in [0, 0.1) is 6.92 Å². The van der Waals surface area contributed by atoms with Crippen LogP contribution in [0.1, 0.15) is 37.8 Å². The average Bonchev–Trinajstić information content (AvgIpc) is 2.54. The van der Waals surface area contributed by atoms with E-state index in [0.717, 1.165) is 7.11 Å². The minimum atomic E-state index is -1.19. The number of aromatic hydroxyl groups is 4. The molecule has 1 heterocycles. The minimum absolute atomic E-state index is 0.294. The number of carbonyl (C=O) groups excluding carboxylic acids is 2. The van der Waals surface area contributed by atoms with Gasteiger partial charge < -0.3 is 29.6 Å². The van der Waals surface area contributed by atoms with Gasteiger partial charge in [-0.25, -0.2) is 0 Å². The van der Waals surface area contributed by atoms with Crippen LogP contribution in [-0.2, 0) is 0 Å². The summed E-state index contributed by atoms with van der Waals surface area (Å²) in [4.78, 5) is 37.2. The predicted molar refractivity (Wildman–Crippen MR) is 76.2 cm³/mol. The molecule has 9 nitrogen and oxygen atoms in total. The fourth-order valence-corrected chi connectivity index (χ4v) is 2.56. The molecule has 0 amide bonds. The third kappa shape index (κ3) is 1.66. The van der Waals surface area contributed by atoms with Gasteiger partial charge in [0, 0.05) is 0 Å². The van der Waals surface area contributed by atoms with Crippen molar-refractivity contribution in [3.8, 4) is 28.7 Å². The molecule has 3 rings (SSSR count). The molecule has 0 unspecified atom stereocenters. The Hall–Kier alpha value is -3.49. The van der Waals surface area contributed by atoms with E-state index in [2.05, 4.69) is 0 Å². The van der Waals surface area contributed by atoms with Crippen molar-refractivity contribution in [2.75, 3.05) is 7.11 Å². The van der Waals surface area contributed by atoms with Crippen LogP contribution in [0.3, 0.4) is 0 Å². The first-order valence-electron chi connectivity index (χ1n) is 6.53. The summed E-state index contributed by atoms with van der Waals surface area (Å²) in [6, 6.07) is 0. The molecule has 0 saturated heterocycles. The topological polar surface area (TPSA) is 154 Å². The van der Waals surface area contributed by atoms with Gasteiger partial charge in [-0.2, -0.15) is 0 Å². The van der Waals surface area contributed by atoms with Gasteiger partial charge in [-0.3, -0.25) is 14.4 Å². The second-order valence-corrected chi connectivity index (χ2v) is 5.03. The van der Waals surface area contributed by atoms with Crippen LogP contribution in [0.25, 0.3) is 0 Å². The highest BCUT2D eigenvalue weighted by Gasteiger charge is 2.42. The van der Waals surface area contributed by atoms with Crippen molar-refractivity contribution in [3.05, 3.63) is 38.4 Å². The zero-order chi connectivity index (χ0) is 17.9. The standard InChI is InChI=1S/C15H10O9/c1-3-7(16)10(19)6-8(17)4-5(11(20)14(6)24-3)12(21)15(23-2)13(22)9(4)18/h16,18,21-22H,1-2H3. The van der Waals surface area contributed by atoms with Gasteiger partial charge in [0.05, 0.1) is 18.2 Å². The van der Waals surface area contributed by atoms with Gasteiger partial charge in [-0.15, -0.1) is 0 Å². The second-order valence-electron chi connectivity index (χ2n) is 5.03. The summed E-state index contributed by atoms with van der Waals surface area (Å²) in [7, 11) is 1.06. The van der Waals surface area contributed by atoms with E-state index in [-0.39, 0.29) is 5.76 Å². The summed E-state index contributed by atoms with van der Waals surface area (Å²) in [5.41, 5.74) is -3.41. The maximum Gasteiger partial charge on any atom is 0.238 e. The van der Waals surface area contributed by atoms with E-state index in [1.165, 1.54) is 6.92 Å². The predicted octanol–water partition coefficient (Wildman–Crippen LogP) is 0.555. The Morgan fingerprint density at radius 3 is 1.96 bits per heavy atom. The van der Waals surface area contributed by atoms with Crippen molar-refractivity contribution in [2.24, 2.45) is 0 Å². The molecule has 0 saturated carbocycles. The largest absolute Gasteiger partial charge is 0.504 e. The molecule has 124 valence electrons. The number of ketones is 2. The van der Waals surface area contributed by atoms with E-state index < -0.39 is 68.2 Å². The van der Waals surface area contributed by atoms with Gasteiger partial charge in [0.15, 0.2) is 17.3 Å². The normalized spacial score (nSPS) is 12.8. The molecule has 1 aliphatic carbocycles. The maximum absolute atomic E-state index is 12.5. The first-order valence-corrected chi connectivity index (χ1v) is 6.53. The van der Waals surface area contributed by atoms with Crippen LogP contribution in [-0.4, -0.2) is 39.1 Å². The molecule has 9 heteroatoms. The van der Waals surface area contributed by atoms with Gasteiger partial charge >= 0.3 is 0 Å². The SMILES string of the molecule is COc1c(O)c(O)c2c(c1O)C(=O)c1oc(C)c(O)c(=O)c1C2=O. The molecule has 1 aromatic carbocycles. The molecular formula is C15H10O9. The summed E-state index contributed by atoms with van der Waals surface area (Å²) in [6.07, 6.45) is 0. The lowest BCUT2D eigenvalue weighted by Gasteiger charge is -2.20. The lowest BCUT2D eigenvalue weighted by Crippen LogP contribution is -2.28. The Morgan fingerprint density at radius 1 is 0.792 bits per heavy atom. The fourth-order valence-electron chi connectivity index (χ4n) is 2.56. The number of fused-ring (bicyclic) bond motifs is 2. The number of phenolic OH excluding ortho intramolecular Hbond substituents is 3. The van der Waals surface area contributed by atoms with E-state index in [1.807, 2.05) is 0 Å². The molecule has 24 heavy (non-hydrogen) atoms. The highest BCUT2D eigenvalue weighted by molar-refractivity contribution is 6.29. The van der Waals surface area contributed by atoms with Crippen LogP contribution in [0.2, 0.25) is 0 Å². The van der Waals surface area contributed by atoms with E-state index in [4.69, 9.17) is 9.15 Å². The Labute approximate surface area is 133 Å². The molecule has 0 radical (unpaired) electrons. The molecule has 1 aliphatic rings. The zero-order valence-corrected chi connectivity index (χ0v) is 12.3. The van der Waals surface area contributed by atoms with Gasteiger partial charge in [0.25, 0.3) is 0 Å². The van der Waals surface area contributed by atoms with Crippen LogP contribution >= 0.6 is 0 Å². The van der Waals surface area contributed by atoms with Crippen LogP contribution in [0.5, 0.6) is 28.7 Å². The molecule has 0 bridgehead atoms. The monoisotopic (exact) mass is 334 g/mol. The van der Waals surface area contributed by atoms with Gasteiger partial charge in [-0.05, 0) is 6.92 Å². The van der Waals surface area contributed by atoms with Gasteiger partial charge in [-0.1, -0.05) is 0 Å². The summed E-state index contributed by atoms with van der Waals surface area (Å²) in [6.45, 7) is 1.21. The lowest BCUT2D eigenvalue weighted by molar-refractivity contribution is 0.0945. The van der Waals surface area contributed by atoms with E-state index in [9.17, 15) is 34.8 Å².